The zero-order valence-electron chi connectivity index (χ0n) is 14.4. The van der Waals surface area contributed by atoms with Crippen molar-refractivity contribution in [1.82, 2.24) is 10.2 Å². The van der Waals surface area contributed by atoms with Crippen molar-refractivity contribution in [3.8, 4) is 0 Å². The van der Waals surface area contributed by atoms with Crippen molar-refractivity contribution in [2.75, 3.05) is 26.2 Å². The first kappa shape index (κ1) is 20.3. The Morgan fingerprint density at radius 1 is 0.826 bits per heavy atom. The van der Waals surface area contributed by atoms with Crippen LogP contribution in [0.2, 0.25) is 0 Å². The third-order valence-electron chi connectivity index (χ3n) is 5.16. The second-order valence-corrected chi connectivity index (χ2v) is 6.27. The van der Waals surface area contributed by atoms with Gasteiger partial charge in [-0.2, -0.15) is 13.2 Å². The number of benzene rings is 1. The number of alkyl halides is 3. The largest absolute Gasteiger partial charge is 0.408 e. The fourth-order valence-corrected chi connectivity index (χ4v) is 3.43. The summed E-state index contributed by atoms with van der Waals surface area (Å²) in [6.45, 7) is 11.5. The molecule has 1 N–H and O–H groups in total. The van der Waals surface area contributed by atoms with Gasteiger partial charge in [-0.3, -0.25) is 4.90 Å². The quantitative estimate of drug-likeness (QED) is 0.861. The molecule has 0 saturated carbocycles. The highest BCUT2D eigenvalue weighted by molar-refractivity contribution is 5.85. The van der Waals surface area contributed by atoms with Crippen LogP contribution < -0.4 is 5.32 Å². The second-order valence-electron chi connectivity index (χ2n) is 6.27. The van der Waals surface area contributed by atoms with Crippen molar-refractivity contribution >= 4 is 12.4 Å². The standard InChI is InChI=1S/C17H25F3N2.ClH/c1-10-11(2)13(4)15(14(5)12(10)3)16(17(18,19)20)22-8-6-21-7-9-22;/h16,21H,6-9H2,1-5H3;1H/t16-;/m1./s1. The van der Waals surface area contributed by atoms with Crippen molar-refractivity contribution in [3.05, 3.63) is 33.4 Å². The third-order valence-corrected chi connectivity index (χ3v) is 5.16. The number of piperazine rings is 1. The predicted octanol–water partition coefficient (Wildman–Crippen LogP) is 4.16. The van der Waals surface area contributed by atoms with Crippen LogP contribution in [0.5, 0.6) is 0 Å². The van der Waals surface area contributed by atoms with Gasteiger partial charge in [-0.15, -0.1) is 12.4 Å². The van der Waals surface area contributed by atoms with E-state index in [1.54, 1.807) is 4.90 Å². The molecule has 0 radical (unpaired) electrons. The van der Waals surface area contributed by atoms with Crippen molar-refractivity contribution in [1.29, 1.82) is 0 Å². The normalized spacial score (nSPS) is 17.7. The molecule has 0 bridgehead atoms. The molecule has 2 rings (SSSR count). The molecule has 1 aromatic carbocycles. The maximum absolute atomic E-state index is 13.9. The summed E-state index contributed by atoms with van der Waals surface area (Å²) in [6.07, 6.45) is -4.26. The molecule has 0 aliphatic carbocycles. The maximum Gasteiger partial charge on any atom is 0.408 e. The summed E-state index contributed by atoms with van der Waals surface area (Å²) in [7, 11) is 0. The van der Waals surface area contributed by atoms with E-state index >= 15 is 0 Å². The molecule has 1 aromatic rings. The average Bonchev–Trinajstić information content (AvgIpc) is 2.47. The van der Waals surface area contributed by atoms with Crippen LogP contribution in [0, 0.1) is 34.6 Å². The van der Waals surface area contributed by atoms with E-state index in [9.17, 15) is 13.2 Å². The summed E-state index contributed by atoms with van der Waals surface area (Å²) in [5, 5.41) is 3.12. The monoisotopic (exact) mass is 350 g/mol. The van der Waals surface area contributed by atoms with Gasteiger partial charge in [-0.05, 0) is 68.0 Å². The molecule has 0 aromatic heterocycles. The van der Waals surface area contributed by atoms with Gasteiger partial charge in [0.05, 0.1) is 0 Å². The molecule has 6 heteroatoms. The first-order valence-corrected chi connectivity index (χ1v) is 7.74. The van der Waals surface area contributed by atoms with Gasteiger partial charge in [0.1, 0.15) is 6.04 Å². The highest BCUT2D eigenvalue weighted by Gasteiger charge is 2.46. The first-order valence-electron chi connectivity index (χ1n) is 7.74. The van der Waals surface area contributed by atoms with Crippen molar-refractivity contribution in [2.45, 2.75) is 46.8 Å². The lowest BCUT2D eigenvalue weighted by Crippen LogP contribution is -2.49. The lowest BCUT2D eigenvalue weighted by atomic mass is 9.85. The van der Waals surface area contributed by atoms with E-state index < -0.39 is 12.2 Å². The summed E-state index contributed by atoms with van der Waals surface area (Å²) in [4.78, 5) is 1.57. The lowest BCUT2D eigenvalue weighted by Gasteiger charge is -2.38. The lowest BCUT2D eigenvalue weighted by molar-refractivity contribution is -0.188. The van der Waals surface area contributed by atoms with Crippen molar-refractivity contribution < 1.29 is 13.2 Å². The summed E-state index contributed by atoms with van der Waals surface area (Å²) < 4.78 is 41.6. The summed E-state index contributed by atoms with van der Waals surface area (Å²) in [5.74, 6) is 0. The van der Waals surface area contributed by atoms with Crippen LogP contribution in [-0.2, 0) is 0 Å². The Hall–Kier alpha value is -0.780. The number of hydrogen-bond acceptors (Lipinski definition) is 2. The van der Waals surface area contributed by atoms with Crippen LogP contribution in [0.25, 0.3) is 0 Å². The number of rotatable bonds is 2. The molecular formula is C17H26ClF3N2. The van der Waals surface area contributed by atoms with Gasteiger partial charge < -0.3 is 5.32 Å². The van der Waals surface area contributed by atoms with Crippen LogP contribution in [-0.4, -0.2) is 37.3 Å². The minimum Gasteiger partial charge on any atom is -0.314 e. The van der Waals surface area contributed by atoms with Crippen LogP contribution in [0.4, 0.5) is 13.2 Å². The molecule has 1 aliphatic rings. The molecule has 0 amide bonds. The Kier molecular flexibility index (Phi) is 6.53. The van der Waals surface area contributed by atoms with Crippen molar-refractivity contribution in [3.63, 3.8) is 0 Å². The summed E-state index contributed by atoms with van der Waals surface area (Å²) in [6, 6.07) is -1.51. The molecule has 1 heterocycles. The van der Waals surface area contributed by atoms with E-state index in [0.29, 0.717) is 31.7 Å². The number of nitrogens with one attached hydrogen (secondary N) is 1. The molecule has 0 spiro atoms. The van der Waals surface area contributed by atoms with Gasteiger partial charge in [0.15, 0.2) is 0 Å². The molecule has 1 saturated heterocycles. The molecule has 132 valence electrons. The number of nitrogens with zero attached hydrogens (tertiary/aromatic N) is 1. The minimum absolute atomic E-state index is 0. The van der Waals surface area contributed by atoms with Crippen LogP contribution >= 0.6 is 12.4 Å². The number of halogens is 4. The zero-order valence-corrected chi connectivity index (χ0v) is 15.2. The summed E-state index contributed by atoms with van der Waals surface area (Å²) >= 11 is 0. The topological polar surface area (TPSA) is 15.3 Å². The molecule has 23 heavy (non-hydrogen) atoms. The molecule has 1 aliphatic heterocycles. The Bertz CT molecular complexity index is 535. The van der Waals surface area contributed by atoms with Crippen LogP contribution in [0.15, 0.2) is 0 Å². The van der Waals surface area contributed by atoms with E-state index in [1.807, 2.05) is 34.6 Å². The molecule has 0 unspecified atom stereocenters. The first-order chi connectivity index (χ1) is 10.2. The van der Waals surface area contributed by atoms with Crippen LogP contribution in [0.3, 0.4) is 0 Å². The van der Waals surface area contributed by atoms with E-state index in [0.717, 1.165) is 27.8 Å². The minimum atomic E-state index is -4.26. The SMILES string of the molecule is Cc1c(C)c(C)c([C@@H](N2CCNCC2)C(F)(F)F)c(C)c1C.Cl. The van der Waals surface area contributed by atoms with Gasteiger partial charge >= 0.3 is 6.18 Å². The highest BCUT2D eigenvalue weighted by Crippen LogP contribution is 2.42. The molecule has 2 nitrogen and oxygen atoms in total. The van der Waals surface area contributed by atoms with Gasteiger partial charge in [0.2, 0.25) is 0 Å². The van der Waals surface area contributed by atoms with Crippen molar-refractivity contribution in [2.24, 2.45) is 0 Å². The Labute approximate surface area is 142 Å². The van der Waals surface area contributed by atoms with E-state index in [2.05, 4.69) is 5.32 Å². The Balaban J connectivity index is 0.00000264. The fraction of sp³-hybridized carbons (Fsp3) is 0.647. The third kappa shape index (κ3) is 3.83. The number of hydrogen-bond donors (Lipinski definition) is 1. The average molecular weight is 351 g/mol. The van der Waals surface area contributed by atoms with Gasteiger partial charge in [-0.25, -0.2) is 0 Å². The molecule has 1 fully saturated rings. The molecule has 1 atom stereocenters. The van der Waals surface area contributed by atoms with E-state index in [4.69, 9.17) is 0 Å². The highest BCUT2D eigenvalue weighted by atomic mass is 35.5. The Morgan fingerprint density at radius 2 is 1.22 bits per heavy atom. The maximum atomic E-state index is 13.9. The fourth-order valence-electron chi connectivity index (χ4n) is 3.43. The van der Waals surface area contributed by atoms with Crippen LogP contribution in [0.1, 0.15) is 39.4 Å². The summed E-state index contributed by atoms with van der Waals surface area (Å²) in [5.41, 5.74) is 5.06. The van der Waals surface area contributed by atoms with E-state index in [1.165, 1.54) is 0 Å². The predicted molar refractivity (Wildman–Crippen MR) is 90.6 cm³/mol. The van der Waals surface area contributed by atoms with Gasteiger partial charge in [-0.1, -0.05) is 0 Å². The molecular weight excluding hydrogens is 325 g/mol. The smallest absolute Gasteiger partial charge is 0.314 e. The van der Waals surface area contributed by atoms with Gasteiger partial charge in [0.25, 0.3) is 0 Å². The second kappa shape index (κ2) is 7.41. The van der Waals surface area contributed by atoms with Gasteiger partial charge in [0, 0.05) is 26.2 Å². The Morgan fingerprint density at radius 3 is 1.61 bits per heavy atom. The zero-order chi connectivity index (χ0) is 16.7. The van der Waals surface area contributed by atoms with E-state index in [-0.39, 0.29) is 12.4 Å².